The van der Waals surface area contributed by atoms with Gasteiger partial charge in [0.15, 0.2) is 0 Å². The second-order valence-corrected chi connectivity index (χ2v) is 7.84. The molecule has 0 aromatic heterocycles. The largest absolute Gasteiger partial charge is 0.465 e. The van der Waals surface area contributed by atoms with Crippen LogP contribution in [0.4, 0.5) is 0 Å². The second kappa shape index (κ2) is 5.81. The maximum absolute atomic E-state index is 12.4. The number of allylic oxidation sites excluding steroid dienone is 1. The number of hydrogen-bond donors (Lipinski definition) is 0. The van der Waals surface area contributed by atoms with Gasteiger partial charge in [0.1, 0.15) is 0 Å². The third-order valence-electron chi connectivity index (χ3n) is 6.28. The summed E-state index contributed by atoms with van der Waals surface area (Å²) in [7, 11) is 0. The van der Waals surface area contributed by atoms with Crippen LogP contribution in [0.5, 0.6) is 0 Å². The predicted molar refractivity (Wildman–Crippen MR) is 91.2 cm³/mol. The molecule has 1 aliphatic heterocycles. The van der Waals surface area contributed by atoms with Crippen LogP contribution in [0, 0.1) is 11.3 Å². The van der Waals surface area contributed by atoms with Gasteiger partial charge in [-0.05, 0) is 49.1 Å². The maximum Gasteiger partial charge on any atom is 0.313 e. The summed E-state index contributed by atoms with van der Waals surface area (Å²) in [5.41, 5.74) is 3.63. The first kappa shape index (κ1) is 15.0. The molecule has 3 fully saturated rings. The highest BCUT2D eigenvalue weighted by atomic mass is 16.5. The van der Waals surface area contributed by atoms with Crippen LogP contribution in [0.2, 0.25) is 0 Å². The summed E-state index contributed by atoms with van der Waals surface area (Å²) in [4.78, 5) is 12.4. The van der Waals surface area contributed by atoms with Crippen LogP contribution in [-0.4, -0.2) is 12.6 Å². The van der Waals surface area contributed by atoms with E-state index in [1.807, 2.05) is 0 Å². The Hall–Kier alpha value is -1.57. The second-order valence-electron chi connectivity index (χ2n) is 7.84. The zero-order valence-electron chi connectivity index (χ0n) is 13.9. The number of benzene rings is 1. The van der Waals surface area contributed by atoms with Gasteiger partial charge in [0.25, 0.3) is 0 Å². The zero-order valence-corrected chi connectivity index (χ0v) is 13.9. The quantitative estimate of drug-likeness (QED) is 0.593. The van der Waals surface area contributed by atoms with Crippen LogP contribution >= 0.6 is 0 Å². The number of esters is 1. The number of carbonyl (C=O) groups is 1. The molecule has 0 N–H and O–H groups in total. The topological polar surface area (TPSA) is 26.3 Å². The molecule has 2 unspecified atom stereocenters. The van der Waals surface area contributed by atoms with Crippen molar-refractivity contribution in [2.75, 3.05) is 6.61 Å². The van der Waals surface area contributed by atoms with E-state index in [1.165, 1.54) is 48.8 Å². The smallest absolute Gasteiger partial charge is 0.313 e. The first-order chi connectivity index (χ1) is 11.2. The van der Waals surface area contributed by atoms with Crippen molar-refractivity contribution < 1.29 is 9.53 Å². The molecule has 2 aliphatic carbocycles. The molecule has 0 radical (unpaired) electrons. The minimum atomic E-state index is -0.330. The van der Waals surface area contributed by atoms with Crippen molar-refractivity contribution in [3.8, 4) is 0 Å². The Bertz CT molecular complexity index is 609. The van der Waals surface area contributed by atoms with E-state index in [4.69, 9.17) is 4.74 Å². The van der Waals surface area contributed by atoms with Crippen LogP contribution in [0.1, 0.15) is 62.0 Å². The number of hydrogen-bond acceptors (Lipinski definition) is 2. The summed E-state index contributed by atoms with van der Waals surface area (Å²) >= 11 is 0. The minimum Gasteiger partial charge on any atom is -0.465 e. The third kappa shape index (κ3) is 2.62. The lowest BCUT2D eigenvalue weighted by atomic mass is 9.75. The van der Waals surface area contributed by atoms with Gasteiger partial charge < -0.3 is 4.74 Å². The summed E-state index contributed by atoms with van der Waals surface area (Å²) in [6, 6.07) is 9.06. The lowest BCUT2D eigenvalue weighted by molar-refractivity contribution is -0.146. The Morgan fingerprint density at radius 1 is 1.13 bits per heavy atom. The molecule has 2 heteroatoms. The van der Waals surface area contributed by atoms with E-state index in [0.29, 0.717) is 12.5 Å². The van der Waals surface area contributed by atoms with Crippen molar-refractivity contribution in [1.29, 1.82) is 0 Å². The highest BCUT2D eigenvalue weighted by molar-refractivity contribution is 5.81. The van der Waals surface area contributed by atoms with Crippen molar-refractivity contribution in [1.82, 2.24) is 0 Å². The van der Waals surface area contributed by atoms with Crippen molar-refractivity contribution in [2.24, 2.45) is 11.3 Å². The molecule has 2 nitrogen and oxygen atoms in total. The Morgan fingerprint density at radius 3 is 2.61 bits per heavy atom. The van der Waals surface area contributed by atoms with Gasteiger partial charge in [-0.1, -0.05) is 55.7 Å². The van der Waals surface area contributed by atoms with Gasteiger partial charge in [0.05, 0.1) is 12.0 Å². The molecule has 0 spiro atoms. The third-order valence-corrected chi connectivity index (χ3v) is 6.28. The van der Waals surface area contributed by atoms with Gasteiger partial charge in [-0.25, -0.2) is 0 Å². The molecule has 3 aliphatic rings. The summed E-state index contributed by atoms with van der Waals surface area (Å²) in [5.74, 6) is 1.07. The molecule has 0 bridgehead atoms. The highest BCUT2D eigenvalue weighted by Gasteiger charge is 2.55. The zero-order chi connectivity index (χ0) is 15.9. The molecule has 122 valence electrons. The van der Waals surface area contributed by atoms with Crippen molar-refractivity contribution in [3.05, 3.63) is 47.5 Å². The standard InChI is InChI=1S/C21H26O2/c1-15-11-19-14-23-20(22)21(19,12-15)13-16-7-9-18(10-8-16)17-5-3-2-4-6-17/h7-10,17,19H,1-6,11-14H2. The van der Waals surface area contributed by atoms with Gasteiger partial charge in [-0.3, -0.25) is 4.79 Å². The molecule has 1 heterocycles. The summed E-state index contributed by atoms with van der Waals surface area (Å²) in [5, 5.41) is 0. The van der Waals surface area contributed by atoms with Crippen molar-refractivity contribution in [3.63, 3.8) is 0 Å². The fraction of sp³-hybridized carbons (Fsp3) is 0.571. The molecule has 1 aromatic carbocycles. The van der Waals surface area contributed by atoms with E-state index in [2.05, 4.69) is 30.8 Å². The molecule has 2 atom stereocenters. The van der Waals surface area contributed by atoms with Crippen LogP contribution in [0.25, 0.3) is 0 Å². The average molecular weight is 310 g/mol. The fourth-order valence-corrected chi connectivity index (χ4v) is 4.97. The molecular weight excluding hydrogens is 284 g/mol. The maximum atomic E-state index is 12.4. The average Bonchev–Trinajstić information content (AvgIpc) is 3.04. The van der Waals surface area contributed by atoms with Crippen LogP contribution in [-0.2, 0) is 16.0 Å². The Kier molecular flexibility index (Phi) is 3.79. The first-order valence-corrected chi connectivity index (χ1v) is 9.10. The Morgan fingerprint density at radius 2 is 1.87 bits per heavy atom. The Labute approximate surface area is 138 Å². The van der Waals surface area contributed by atoms with Gasteiger partial charge in [0, 0.05) is 5.92 Å². The summed E-state index contributed by atoms with van der Waals surface area (Å²) in [6.07, 6.45) is 9.35. The van der Waals surface area contributed by atoms with Gasteiger partial charge in [0.2, 0.25) is 0 Å². The number of cyclic esters (lactones) is 1. The number of ether oxygens (including phenoxy) is 1. The van der Waals surface area contributed by atoms with E-state index in [9.17, 15) is 4.79 Å². The molecule has 4 rings (SSSR count). The highest BCUT2D eigenvalue weighted by Crippen LogP contribution is 2.52. The van der Waals surface area contributed by atoms with Crippen LogP contribution in [0.3, 0.4) is 0 Å². The SMILES string of the molecule is C=C1CC2COC(=O)C2(Cc2ccc(C3CCCCC3)cc2)C1. The van der Waals surface area contributed by atoms with E-state index in [1.54, 1.807) is 0 Å². The van der Waals surface area contributed by atoms with Crippen LogP contribution < -0.4 is 0 Å². The normalized spacial score (nSPS) is 31.2. The Balaban J connectivity index is 1.52. The monoisotopic (exact) mass is 310 g/mol. The lowest BCUT2D eigenvalue weighted by Gasteiger charge is -2.25. The van der Waals surface area contributed by atoms with Crippen molar-refractivity contribution in [2.45, 2.75) is 57.3 Å². The van der Waals surface area contributed by atoms with Gasteiger partial charge in [-0.15, -0.1) is 0 Å². The number of carbonyl (C=O) groups excluding carboxylic acids is 1. The minimum absolute atomic E-state index is 0.00231. The van der Waals surface area contributed by atoms with Gasteiger partial charge >= 0.3 is 5.97 Å². The van der Waals surface area contributed by atoms with Gasteiger partial charge in [-0.2, -0.15) is 0 Å². The number of rotatable bonds is 3. The number of fused-ring (bicyclic) bond motifs is 1. The molecular formula is C21H26O2. The van der Waals surface area contributed by atoms with Crippen molar-refractivity contribution >= 4 is 5.97 Å². The molecule has 2 saturated carbocycles. The molecule has 23 heavy (non-hydrogen) atoms. The van der Waals surface area contributed by atoms with E-state index in [-0.39, 0.29) is 11.4 Å². The first-order valence-electron chi connectivity index (χ1n) is 9.10. The van der Waals surface area contributed by atoms with E-state index >= 15 is 0 Å². The van der Waals surface area contributed by atoms with Crippen LogP contribution in [0.15, 0.2) is 36.4 Å². The molecule has 1 aromatic rings. The predicted octanol–water partition coefficient (Wildman–Crippen LogP) is 4.79. The summed E-state index contributed by atoms with van der Waals surface area (Å²) < 4.78 is 5.38. The fourth-order valence-electron chi connectivity index (χ4n) is 4.97. The van der Waals surface area contributed by atoms with E-state index in [0.717, 1.165) is 25.2 Å². The lowest BCUT2D eigenvalue weighted by Crippen LogP contribution is -2.31. The molecule has 0 amide bonds. The molecule has 1 saturated heterocycles. The summed E-state index contributed by atoms with van der Waals surface area (Å²) in [6.45, 7) is 4.71. The van der Waals surface area contributed by atoms with E-state index < -0.39 is 0 Å².